The number of aliphatic carboxylic acids is 3. The number of rotatable bonds is 38. The summed E-state index contributed by atoms with van der Waals surface area (Å²) in [6.07, 6.45) is -1.24. The van der Waals surface area contributed by atoms with Gasteiger partial charge in [0.1, 0.15) is 48.0 Å². The minimum atomic E-state index is -1.73. The molecule has 2 heterocycles. The monoisotopic (exact) mass is 1630 g/mol. The van der Waals surface area contributed by atoms with Crippen LogP contribution in [-0.2, 0) is 72.0 Å². The molecule has 0 aliphatic carbocycles. The number of carboxylic acid groups (broad SMARTS) is 3. The summed E-state index contributed by atoms with van der Waals surface area (Å²) < 4.78 is 0. The number of thiol groups is 2. The number of fused-ring (bicyclic) bond motifs is 1. The molecule has 10 atom stereocenters. The van der Waals surface area contributed by atoms with E-state index in [9.17, 15) is 83.7 Å². The summed E-state index contributed by atoms with van der Waals surface area (Å²) in [5.74, 6) is -12.2. The fourth-order valence-corrected chi connectivity index (χ4v) is 11.3. The van der Waals surface area contributed by atoms with E-state index in [-0.39, 0.29) is 134 Å². The van der Waals surface area contributed by atoms with Gasteiger partial charge in [-0.2, -0.15) is 25.3 Å². The average molecular weight is 1630 g/mol. The molecule has 1 fully saturated rings. The van der Waals surface area contributed by atoms with Crippen molar-refractivity contribution in [2.75, 3.05) is 103 Å². The number of aromatic hydroxyl groups is 1. The maximum Gasteiger partial charge on any atom is 3.00 e. The Morgan fingerprint density at radius 1 is 0.500 bits per heavy atom. The number of aliphatic hydroxyl groups excluding tert-OH is 3. The van der Waals surface area contributed by atoms with Gasteiger partial charge in [0.15, 0.2) is 0 Å². The zero-order valence-electron chi connectivity index (χ0n) is 55.6. The summed E-state index contributed by atoms with van der Waals surface area (Å²) in [5, 5.41) is 97.4. The van der Waals surface area contributed by atoms with Crippen molar-refractivity contribution >= 4 is 128 Å². The second-order valence-corrected chi connectivity index (χ2v) is 24.9. The number of benzene rings is 3. The first-order chi connectivity index (χ1) is 47.2. The Morgan fingerprint density at radius 3 is 1.38 bits per heavy atom. The van der Waals surface area contributed by atoms with Crippen molar-refractivity contribution in [3.63, 3.8) is 0 Å². The van der Waals surface area contributed by atoms with Crippen molar-refractivity contribution in [2.45, 2.75) is 113 Å². The Balaban J connectivity index is 0.0000212. The topological polar surface area (TPSA) is 489 Å². The molecule has 3 aromatic carbocycles. The molecule has 8 amide bonds. The molecule has 0 bridgehead atoms. The molecular formula is C65H91BiN14O18S2. The number of hydrogen-bond donors (Lipinski definition) is 16. The number of H-pyrrole nitrogens is 1. The Bertz CT molecular complexity index is 3290. The molecule has 1 aliphatic rings. The van der Waals surface area contributed by atoms with E-state index in [0.29, 0.717) is 34.0 Å². The predicted molar refractivity (Wildman–Crippen MR) is 367 cm³/mol. The van der Waals surface area contributed by atoms with E-state index in [1.54, 1.807) is 65.7 Å². The summed E-state index contributed by atoms with van der Waals surface area (Å²) in [6, 6.07) is 9.57. The van der Waals surface area contributed by atoms with Crippen LogP contribution in [0.1, 0.15) is 49.8 Å². The third-order valence-electron chi connectivity index (χ3n) is 16.4. The van der Waals surface area contributed by atoms with E-state index in [1.165, 1.54) is 52.8 Å². The van der Waals surface area contributed by atoms with Gasteiger partial charge >= 0.3 is 26.2 Å². The van der Waals surface area contributed by atoms with Crippen LogP contribution in [0.25, 0.3) is 10.9 Å². The number of aliphatic hydroxyl groups is 3. The van der Waals surface area contributed by atoms with E-state index in [4.69, 9.17) is 5.73 Å². The fraction of sp³-hybridized carbons (Fsp3) is 0.523. The van der Waals surface area contributed by atoms with Gasteiger partial charge in [0, 0.05) is 120 Å². The first-order valence-electron chi connectivity index (χ1n) is 32.4. The predicted octanol–water partition coefficient (Wildman–Crippen LogP) is -8.39. The smallest absolute Gasteiger partial charge is 0.549 e. The number of hydrogen-bond acceptors (Lipinski definition) is 25. The van der Waals surface area contributed by atoms with Crippen LogP contribution < -0.4 is 63.6 Å². The van der Waals surface area contributed by atoms with Crippen LogP contribution in [0.15, 0.2) is 85.1 Å². The summed E-state index contributed by atoms with van der Waals surface area (Å²) in [7, 11) is 0. The number of amides is 8. The van der Waals surface area contributed by atoms with Gasteiger partial charge in [0.05, 0.1) is 49.3 Å². The van der Waals surface area contributed by atoms with Crippen LogP contribution in [0, 0.1) is 0 Å². The molecule has 1 aromatic heterocycles. The maximum absolute atomic E-state index is 15.0. The Labute approximate surface area is 609 Å². The van der Waals surface area contributed by atoms with Crippen LogP contribution >= 0.6 is 25.3 Å². The van der Waals surface area contributed by atoms with Crippen LogP contribution in [0.2, 0.25) is 0 Å². The number of para-hydroxylation sites is 1. The van der Waals surface area contributed by atoms with Gasteiger partial charge in [-0.05, 0) is 74.5 Å². The van der Waals surface area contributed by atoms with Crippen molar-refractivity contribution in [3.8, 4) is 5.75 Å². The second-order valence-electron chi connectivity index (χ2n) is 24.2. The zero-order valence-corrected chi connectivity index (χ0v) is 60.9. The molecular weight excluding hydrogens is 1540 g/mol. The van der Waals surface area contributed by atoms with E-state index in [1.807, 2.05) is 0 Å². The van der Waals surface area contributed by atoms with Crippen LogP contribution in [0.4, 0.5) is 0 Å². The number of nitrogens with zero attached hydrogens (tertiary/aromatic N) is 4. The molecule has 100 heavy (non-hydrogen) atoms. The minimum absolute atomic E-state index is 0. The second kappa shape index (κ2) is 44.0. The van der Waals surface area contributed by atoms with Crippen molar-refractivity contribution in [3.05, 3.63) is 102 Å². The first-order valence-corrected chi connectivity index (χ1v) is 33.6. The molecule has 1 saturated heterocycles. The van der Waals surface area contributed by atoms with Gasteiger partial charge < -0.3 is 103 Å². The third-order valence-corrected chi connectivity index (χ3v) is 17.1. The van der Waals surface area contributed by atoms with Crippen molar-refractivity contribution in [2.24, 2.45) is 5.73 Å². The number of aromatic amines is 1. The van der Waals surface area contributed by atoms with Gasteiger partial charge in [0.25, 0.3) is 0 Å². The number of carbonyl (C=O) groups is 11. The molecule has 0 unspecified atom stereocenters. The number of unbranched alkanes of at least 4 members (excludes halogenated alkanes) is 1. The number of nitrogens with two attached hydrogens (primary N) is 1. The van der Waals surface area contributed by atoms with Crippen molar-refractivity contribution in [1.29, 1.82) is 0 Å². The van der Waals surface area contributed by atoms with E-state index >= 15 is 4.79 Å². The Kier molecular flexibility index (Phi) is 37.3. The van der Waals surface area contributed by atoms with Crippen LogP contribution in [0.5, 0.6) is 5.75 Å². The number of carboxylic acids is 3. The molecule has 2 radical (unpaired) electrons. The van der Waals surface area contributed by atoms with Gasteiger partial charge in [-0.1, -0.05) is 60.7 Å². The Hall–Kier alpha value is -7.57. The summed E-state index contributed by atoms with van der Waals surface area (Å²) >= 11 is 8.57. The third kappa shape index (κ3) is 29.2. The first kappa shape index (κ1) is 84.8. The summed E-state index contributed by atoms with van der Waals surface area (Å²) in [4.78, 5) is 159. The molecule has 0 spiro atoms. The standard InChI is InChI=1S/C65H94N14O18S2.Bi/c1-39(81)51(36-80)72-64(96)53(38-99)74-65(97)58(40(2)82)75-59(91)47(14-8-9-19-66)69-62(94)50(30-43-31-67-46-13-7-6-12-45(43)46)71-61(93)49(29-42-15-17-44(83)18-16-42)70-63(95)52(37-98)73-60(92)48(28-41-10-4-3-5-11-41)68-54(84)32-76-20-22-77(33-55(85)86)24-26-79(35-57(89)90)27-25-78(23-21-76)34-56(87)88;/h3-7,10-13,15-18,31,39-40,47-53,58,67,80-83,98-99H,8-9,14,19-30,32-38,66H2,1-2H3,(H,68,84)(H,69,94)(H,70,95)(H,71,93)(H,72,96)(H,73,92)(H,74,97)(H,75,91)(H,85,86)(H,87,88)(H,89,90);/q;+3/p-3/t39-,40-,47+,48-,49+,50-,51-,52+,53+,58+;/m1./s1/i;1+4. The molecule has 5 rings (SSSR count). The number of carbonyl (C=O) groups excluding carboxylic acids is 11. The zero-order chi connectivity index (χ0) is 72.7. The van der Waals surface area contributed by atoms with E-state index in [2.05, 4.69) is 72.8 Å². The number of aromatic nitrogens is 1. The van der Waals surface area contributed by atoms with E-state index in [0.717, 1.165) is 0 Å². The molecule has 1 aliphatic heterocycles. The molecule has 0 saturated carbocycles. The van der Waals surface area contributed by atoms with Gasteiger partial charge in [-0.15, -0.1) is 0 Å². The molecule has 35 heteroatoms. The van der Waals surface area contributed by atoms with Crippen LogP contribution in [-0.4, -0.2) is 300 Å². The summed E-state index contributed by atoms with van der Waals surface area (Å²) in [6.45, 7) is 0.467. The molecule has 4 aromatic rings. The van der Waals surface area contributed by atoms with Crippen molar-refractivity contribution < 1.29 is 88.5 Å². The number of nitrogens with one attached hydrogen (secondary N) is 9. The molecule has 15 N–H and O–H groups in total. The summed E-state index contributed by atoms with van der Waals surface area (Å²) in [5.41, 5.74) is 8.01. The number of phenols is 1. The minimum Gasteiger partial charge on any atom is -0.549 e. The van der Waals surface area contributed by atoms with Gasteiger partial charge in [-0.3, -0.25) is 58.0 Å². The van der Waals surface area contributed by atoms with Crippen molar-refractivity contribution in [1.82, 2.24) is 67.1 Å². The average Bonchev–Trinajstić information content (AvgIpc) is 1.68. The quantitative estimate of drug-likeness (QED) is 0.0113. The van der Waals surface area contributed by atoms with Gasteiger partial charge in [0.2, 0.25) is 47.3 Å². The SMILES string of the molecule is C[C@@H](O)[C@H](NC(=O)[C@H](CCCCN)NC(=O)[C@@H](Cc1c[nH]c2ccccc12)NC(=O)[C@H](Cc1ccc(O)cc1)NC(=O)[C@H](CS)NC(=O)[C@@H](Cc1ccccc1)NC(=O)CN1CCN(CC(=O)[O-])CCN(CC(=O)[O-])CCN(CC(=O)[O-])CC1)C(=O)N[C@@H](CS)C(=O)N[C@H](CO)[C@@H](C)O.[213Bi+3]. The largest absolute Gasteiger partial charge is 3.00 e. The molecule has 32 nitrogen and oxygen atoms in total. The fourth-order valence-electron chi connectivity index (χ4n) is 10.8. The van der Waals surface area contributed by atoms with Crippen LogP contribution in [0.3, 0.4) is 0 Å². The number of phenolic OH excluding ortho intramolecular Hbond substituents is 1. The molecule has 546 valence electrons. The normalized spacial score (nSPS) is 16.6. The maximum atomic E-state index is 15.0. The van der Waals surface area contributed by atoms with E-state index < -0.39 is 158 Å². The van der Waals surface area contributed by atoms with Gasteiger partial charge in [-0.25, -0.2) is 0 Å². The Morgan fingerprint density at radius 2 is 0.910 bits per heavy atom.